The summed E-state index contributed by atoms with van der Waals surface area (Å²) in [5, 5.41) is 2.83. The zero-order chi connectivity index (χ0) is 13.5. The molecule has 1 saturated carbocycles. The highest BCUT2D eigenvalue weighted by atomic mass is 16.5. The van der Waals surface area contributed by atoms with Gasteiger partial charge in [-0.15, -0.1) is 0 Å². The molecule has 0 aliphatic heterocycles. The van der Waals surface area contributed by atoms with Crippen molar-refractivity contribution < 1.29 is 9.53 Å². The second-order valence-electron chi connectivity index (χ2n) is 5.12. The molecule has 1 amide bonds. The van der Waals surface area contributed by atoms with Crippen molar-refractivity contribution in [3.05, 3.63) is 24.3 Å². The van der Waals surface area contributed by atoms with E-state index in [0.717, 1.165) is 24.6 Å². The predicted molar refractivity (Wildman–Crippen MR) is 76.9 cm³/mol. The maximum absolute atomic E-state index is 11.7. The molecule has 0 bridgehead atoms. The standard InChI is InChI=1S/C15H22N2O2/c16-13-3-1-4-14(11-13)17-15(18)5-2-9-19-10-8-12-6-7-12/h1,3-4,11-12H,2,5-10,16H2,(H,17,18). The number of ether oxygens (including phenoxy) is 1. The fourth-order valence-corrected chi connectivity index (χ4v) is 1.93. The lowest BCUT2D eigenvalue weighted by Gasteiger charge is -2.06. The summed E-state index contributed by atoms with van der Waals surface area (Å²) >= 11 is 0. The first-order valence-corrected chi connectivity index (χ1v) is 6.97. The van der Waals surface area contributed by atoms with Crippen LogP contribution in [-0.4, -0.2) is 19.1 Å². The van der Waals surface area contributed by atoms with Crippen LogP contribution in [0.2, 0.25) is 0 Å². The van der Waals surface area contributed by atoms with Crippen LogP contribution in [0, 0.1) is 5.92 Å². The third-order valence-electron chi connectivity index (χ3n) is 3.23. The second-order valence-corrected chi connectivity index (χ2v) is 5.12. The SMILES string of the molecule is Nc1cccc(NC(=O)CCCOCCC2CC2)c1. The molecule has 1 fully saturated rings. The molecular weight excluding hydrogens is 240 g/mol. The minimum absolute atomic E-state index is 0.0105. The first-order valence-electron chi connectivity index (χ1n) is 6.97. The van der Waals surface area contributed by atoms with Crippen LogP contribution in [0.5, 0.6) is 0 Å². The molecular formula is C15H22N2O2. The average molecular weight is 262 g/mol. The molecule has 1 aromatic carbocycles. The number of hydrogen-bond donors (Lipinski definition) is 2. The molecule has 0 aromatic heterocycles. The van der Waals surface area contributed by atoms with E-state index in [-0.39, 0.29) is 5.91 Å². The van der Waals surface area contributed by atoms with Gasteiger partial charge in [0.05, 0.1) is 0 Å². The summed E-state index contributed by atoms with van der Waals surface area (Å²) in [5.74, 6) is 0.920. The van der Waals surface area contributed by atoms with Crippen LogP contribution in [0.4, 0.5) is 11.4 Å². The molecule has 0 saturated heterocycles. The highest BCUT2D eigenvalue weighted by Crippen LogP contribution is 2.32. The van der Waals surface area contributed by atoms with E-state index in [9.17, 15) is 4.79 Å². The van der Waals surface area contributed by atoms with Gasteiger partial charge in [-0.1, -0.05) is 18.9 Å². The molecule has 3 N–H and O–H groups in total. The number of nitrogens with two attached hydrogens (primary N) is 1. The van der Waals surface area contributed by atoms with E-state index in [2.05, 4.69) is 5.32 Å². The van der Waals surface area contributed by atoms with Crippen LogP contribution in [0.15, 0.2) is 24.3 Å². The Balaban J connectivity index is 1.53. The summed E-state index contributed by atoms with van der Waals surface area (Å²) in [6, 6.07) is 7.21. The minimum Gasteiger partial charge on any atom is -0.399 e. The van der Waals surface area contributed by atoms with Gasteiger partial charge in [-0.05, 0) is 37.0 Å². The predicted octanol–water partition coefficient (Wildman–Crippen LogP) is 2.80. The molecule has 0 radical (unpaired) electrons. The monoisotopic (exact) mass is 262 g/mol. The quantitative estimate of drug-likeness (QED) is 0.559. The molecule has 4 heteroatoms. The van der Waals surface area contributed by atoms with Crippen molar-refractivity contribution >= 4 is 17.3 Å². The van der Waals surface area contributed by atoms with Gasteiger partial charge in [0.15, 0.2) is 0 Å². The number of carbonyl (C=O) groups excluding carboxylic acids is 1. The first kappa shape index (κ1) is 13.9. The van der Waals surface area contributed by atoms with Crippen LogP contribution in [0.1, 0.15) is 32.1 Å². The smallest absolute Gasteiger partial charge is 0.224 e. The number of amides is 1. The van der Waals surface area contributed by atoms with Gasteiger partial charge in [-0.2, -0.15) is 0 Å². The van der Waals surface area contributed by atoms with Gasteiger partial charge in [0.1, 0.15) is 0 Å². The molecule has 0 heterocycles. The van der Waals surface area contributed by atoms with Crippen molar-refractivity contribution in [2.45, 2.75) is 32.1 Å². The molecule has 1 aliphatic rings. The van der Waals surface area contributed by atoms with Crippen molar-refractivity contribution in [1.82, 2.24) is 0 Å². The van der Waals surface area contributed by atoms with E-state index >= 15 is 0 Å². The van der Waals surface area contributed by atoms with E-state index in [4.69, 9.17) is 10.5 Å². The van der Waals surface area contributed by atoms with Crippen molar-refractivity contribution in [3.63, 3.8) is 0 Å². The van der Waals surface area contributed by atoms with E-state index in [1.807, 2.05) is 12.1 Å². The molecule has 0 atom stereocenters. The Morgan fingerprint density at radius 2 is 2.21 bits per heavy atom. The summed E-state index contributed by atoms with van der Waals surface area (Å²) in [7, 11) is 0. The van der Waals surface area contributed by atoms with E-state index in [1.165, 1.54) is 19.3 Å². The van der Waals surface area contributed by atoms with E-state index in [1.54, 1.807) is 12.1 Å². The summed E-state index contributed by atoms with van der Waals surface area (Å²) in [6.45, 7) is 1.50. The molecule has 1 aliphatic carbocycles. The Labute approximate surface area is 114 Å². The molecule has 4 nitrogen and oxygen atoms in total. The Morgan fingerprint density at radius 3 is 2.95 bits per heavy atom. The third-order valence-corrected chi connectivity index (χ3v) is 3.23. The van der Waals surface area contributed by atoms with Crippen molar-refractivity contribution in [2.24, 2.45) is 5.92 Å². The maximum Gasteiger partial charge on any atom is 0.224 e. The topological polar surface area (TPSA) is 64.3 Å². The number of nitrogens with one attached hydrogen (secondary N) is 1. The van der Waals surface area contributed by atoms with Crippen LogP contribution in [0.3, 0.4) is 0 Å². The zero-order valence-electron chi connectivity index (χ0n) is 11.2. The van der Waals surface area contributed by atoms with Gasteiger partial charge in [0, 0.05) is 31.0 Å². The van der Waals surface area contributed by atoms with Crippen molar-refractivity contribution in [2.75, 3.05) is 24.3 Å². The van der Waals surface area contributed by atoms with Gasteiger partial charge in [-0.3, -0.25) is 4.79 Å². The minimum atomic E-state index is 0.0105. The Hall–Kier alpha value is -1.55. The van der Waals surface area contributed by atoms with Crippen molar-refractivity contribution in [1.29, 1.82) is 0 Å². The lowest BCUT2D eigenvalue weighted by molar-refractivity contribution is -0.116. The number of benzene rings is 1. The fraction of sp³-hybridized carbons (Fsp3) is 0.533. The van der Waals surface area contributed by atoms with Gasteiger partial charge < -0.3 is 15.8 Å². The Kier molecular flexibility index (Phi) is 5.21. The van der Waals surface area contributed by atoms with E-state index in [0.29, 0.717) is 18.7 Å². The summed E-state index contributed by atoms with van der Waals surface area (Å²) in [5.41, 5.74) is 7.05. The Bertz CT molecular complexity index is 416. The molecule has 19 heavy (non-hydrogen) atoms. The average Bonchev–Trinajstić information content (AvgIpc) is 3.17. The van der Waals surface area contributed by atoms with E-state index < -0.39 is 0 Å². The first-order chi connectivity index (χ1) is 9.24. The highest BCUT2D eigenvalue weighted by Gasteiger charge is 2.20. The van der Waals surface area contributed by atoms with Crippen molar-refractivity contribution in [3.8, 4) is 0 Å². The number of rotatable bonds is 8. The fourth-order valence-electron chi connectivity index (χ4n) is 1.93. The summed E-state index contributed by atoms with van der Waals surface area (Å²) in [6.07, 6.45) is 5.16. The Morgan fingerprint density at radius 1 is 1.37 bits per heavy atom. The largest absolute Gasteiger partial charge is 0.399 e. The van der Waals surface area contributed by atoms with Gasteiger partial charge in [-0.25, -0.2) is 0 Å². The second kappa shape index (κ2) is 7.14. The molecule has 0 spiro atoms. The van der Waals surface area contributed by atoms with Gasteiger partial charge in [0.25, 0.3) is 0 Å². The van der Waals surface area contributed by atoms with Crippen LogP contribution >= 0.6 is 0 Å². The maximum atomic E-state index is 11.7. The molecule has 104 valence electrons. The number of hydrogen-bond acceptors (Lipinski definition) is 3. The van der Waals surface area contributed by atoms with Crippen LogP contribution < -0.4 is 11.1 Å². The lowest BCUT2D eigenvalue weighted by Crippen LogP contribution is -2.12. The van der Waals surface area contributed by atoms with Crippen LogP contribution in [-0.2, 0) is 9.53 Å². The number of anilines is 2. The molecule has 2 rings (SSSR count). The van der Waals surface area contributed by atoms with Gasteiger partial charge >= 0.3 is 0 Å². The normalized spacial score (nSPS) is 14.3. The van der Waals surface area contributed by atoms with Gasteiger partial charge in [0.2, 0.25) is 5.91 Å². The zero-order valence-corrected chi connectivity index (χ0v) is 11.2. The highest BCUT2D eigenvalue weighted by molar-refractivity contribution is 5.91. The van der Waals surface area contributed by atoms with Crippen LogP contribution in [0.25, 0.3) is 0 Å². The summed E-state index contributed by atoms with van der Waals surface area (Å²) in [4.78, 5) is 11.7. The number of carbonyl (C=O) groups is 1. The summed E-state index contributed by atoms with van der Waals surface area (Å²) < 4.78 is 5.50. The molecule has 0 unspecified atom stereocenters. The number of nitrogen functional groups attached to an aromatic ring is 1. The lowest BCUT2D eigenvalue weighted by atomic mass is 10.2. The molecule has 1 aromatic rings. The third kappa shape index (κ3) is 5.75.